The van der Waals surface area contributed by atoms with Crippen LogP contribution in [-0.4, -0.2) is 10.1 Å². The lowest BCUT2D eigenvalue weighted by atomic mass is 10.1. The normalized spacial score (nSPS) is 12.6. The van der Waals surface area contributed by atoms with Gasteiger partial charge in [0.15, 0.2) is 11.5 Å². The first-order valence-corrected chi connectivity index (χ1v) is 9.15. The van der Waals surface area contributed by atoms with Crippen LogP contribution in [0, 0.1) is 11.3 Å². The average Bonchev–Trinajstić information content (AvgIpc) is 3.35. The number of benzene rings is 2. The number of allylic oxidation sites excluding steroid dienone is 1. The van der Waals surface area contributed by atoms with Crippen LogP contribution in [0.5, 0.6) is 0 Å². The number of nitriles is 1. The molecular formula is C21H11F3N2O2S. The van der Waals surface area contributed by atoms with Crippen LogP contribution in [0.1, 0.15) is 16.3 Å². The number of fused-ring (bicyclic) bond motifs is 1. The highest BCUT2D eigenvalue weighted by molar-refractivity contribution is 7.19. The maximum absolute atomic E-state index is 12.9. The molecular weight excluding hydrogens is 401 g/mol. The molecule has 0 aliphatic carbocycles. The summed E-state index contributed by atoms with van der Waals surface area (Å²) in [6.07, 6.45) is -4.48. The van der Waals surface area contributed by atoms with Crippen molar-refractivity contribution in [3.63, 3.8) is 0 Å². The first-order valence-electron chi connectivity index (χ1n) is 8.34. The monoisotopic (exact) mass is 412 g/mol. The molecule has 0 aliphatic rings. The van der Waals surface area contributed by atoms with Gasteiger partial charge in [0, 0.05) is 5.56 Å². The first kappa shape index (κ1) is 18.8. The Kier molecular flexibility index (Phi) is 4.60. The largest absolute Gasteiger partial charge is 0.503 e. The minimum atomic E-state index is -4.48. The highest BCUT2D eigenvalue weighted by atomic mass is 32.1. The van der Waals surface area contributed by atoms with Crippen molar-refractivity contribution in [3.8, 4) is 17.4 Å². The van der Waals surface area contributed by atoms with E-state index in [-0.39, 0.29) is 22.7 Å². The second-order valence-electron chi connectivity index (χ2n) is 6.06. The third-order valence-electron chi connectivity index (χ3n) is 4.17. The number of aromatic nitrogens is 1. The van der Waals surface area contributed by atoms with E-state index in [1.165, 1.54) is 35.6 Å². The summed E-state index contributed by atoms with van der Waals surface area (Å²) in [7, 11) is 0. The molecule has 0 atom stereocenters. The van der Waals surface area contributed by atoms with Gasteiger partial charge in [-0.3, -0.25) is 0 Å². The lowest BCUT2D eigenvalue weighted by Crippen LogP contribution is -2.04. The molecule has 4 nitrogen and oxygen atoms in total. The smallest absolute Gasteiger partial charge is 0.416 e. The Labute approximate surface area is 166 Å². The highest BCUT2D eigenvalue weighted by Gasteiger charge is 2.30. The number of hydrogen-bond donors (Lipinski definition) is 1. The van der Waals surface area contributed by atoms with E-state index in [2.05, 4.69) is 4.98 Å². The molecule has 29 heavy (non-hydrogen) atoms. The van der Waals surface area contributed by atoms with Crippen LogP contribution in [0.3, 0.4) is 0 Å². The fourth-order valence-electron chi connectivity index (χ4n) is 2.77. The zero-order valence-electron chi connectivity index (χ0n) is 14.6. The van der Waals surface area contributed by atoms with E-state index in [0.717, 1.165) is 16.8 Å². The quantitative estimate of drug-likeness (QED) is 0.307. The number of aliphatic hydroxyl groups is 1. The topological polar surface area (TPSA) is 70.0 Å². The van der Waals surface area contributed by atoms with Crippen LogP contribution in [0.25, 0.3) is 32.9 Å². The molecule has 0 saturated carbocycles. The van der Waals surface area contributed by atoms with Crippen LogP contribution >= 0.6 is 11.3 Å². The molecule has 0 saturated heterocycles. The van der Waals surface area contributed by atoms with Gasteiger partial charge in [-0.05, 0) is 36.4 Å². The summed E-state index contributed by atoms with van der Waals surface area (Å²) < 4.78 is 45.2. The molecule has 8 heteroatoms. The number of nitrogens with zero attached hydrogens (tertiary/aromatic N) is 2. The Morgan fingerprint density at radius 2 is 1.86 bits per heavy atom. The predicted octanol–water partition coefficient (Wildman–Crippen LogP) is 6.52. The number of para-hydroxylation sites is 1. The second-order valence-corrected chi connectivity index (χ2v) is 7.10. The Bertz CT molecular complexity index is 1250. The molecule has 144 valence electrons. The molecule has 0 unspecified atom stereocenters. The third kappa shape index (κ3) is 3.60. The standard InChI is InChI=1S/C21H11F3N2O2S/c22-21(23,24)13-5-3-4-12(10-13)16-8-9-17(28-16)19(27)14(11-25)20-26-15-6-1-2-7-18(15)29-20/h1-10,27H. The van der Waals surface area contributed by atoms with Gasteiger partial charge in [0.05, 0.1) is 15.8 Å². The van der Waals surface area contributed by atoms with Gasteiger partial charge in [0.1, 0.15) is 22.4 Å². The van der Waals surface area contributed by atoms with Gasteiger partial charge in [0.2, 0.25) is 0 Å². The van der Waals surface area contributed by atoms with E-state index >= 15 is 0 Å². The van der Waals surface area contributed by atoms with Crippen molar-refractivity contribution < 1.29 is 22.7 Å². The Balaban J connectivity index is 1.74. The average molecular weight is 412 g/mol. The number of rotatable bonds is 3. The molecule has 0 amide bonds. The Morgan fingerprint density at radius 3 is 2.59 bits per heavy atom. The van der Waals surface area contributed by atoms with Gasteiger partial charge in [-0.1, -0.05) is 24.3 Å². The number of thiazole rings is 1. The number of aliphatic hydroxyl groups excluding tert-OH is 1. The van der Waals surface area contributed by atoms with Gasteiger partial charge in [-0.15, -0.1) is 11.3 Å². The maximum atomic E-state index is 12.9. The van der Waals surface area contributed by atoms with Crippen LogP contribution in [0.2, 0.25) is 0 Å². The lowest BCUT2D eigenvalue weighted by molar-refractivity contribution is -0.137. The second kappa shape index (κ2) is 7.11. The van der Waals surface area contributed by atoms with Gasteiger partial charge in [0.25, 0.3) is 0 Å². The molecule has 0 radical (unpaired) electrons. The Morgan fingerprint density at radius 1 is 1.07 bits per heavy atom. The van der Waals surface area contributed by atoms with E-state index in [4.69, 9.17) is 4.42 Å². The van der Waals surface area contributed by atoms with Crippen molar-refractivity contribution in [2.45, 2.75) is 6.18 Å². The molecule has 2 aromatic heterocycles. The Hall–Kier alpha value is -3.57. The van der Waals surface area contributed by atoms with E-state index < -0.39 is 17.5 Å². The van der Waals surface area contributed by atoms with Crippen molar-refractivity contribution >= 4 is 32.9 Å². The van der Waals surface area contributed by atoms with E-state index in [1.807, 2.05) is 24.3 Å². The SMILES string of the molecule is N#CC(=C(O)c1ccc(-c2cccc(C(F)(F)F)c2)o1)c1nc2ccccc2s1. The third-order valence-corrected chi connectivity index (χ3v) is 5.22. The number of furan rings is 1. The van der Waals surface area contributed by atoms with Crippen LogP contribution < -0.4 is 0 Å². The summed E-state index contributed by atoms with van der Waals surface area (Å²) >= 11 is 1.24. The molecule has 0 fully saturated rings. The zero-order valence-corrected chi connectivity index (χ0v) is 15.4. The van der Waals surface area contributed by atoms with Gasteiger partial charge in [-0.2, -0.15) is 18.4 Å². The minimum absolute atomic E-state index is 0.0341. The molecule has 4 rings (SSSR count). The van der Waals surface area contributed by atoms with Crippen molar-refractivity contribution in [2.24, 2.45) is 0 Å². The molecule has 2 aromatic carbocycles. The number of alkyl halides is 3. The summed E-state index contributed by atoms with van der Waals surface area (Å²) in [6.45, 7) is 0. The van der Waals surface area contributed by atoms with Gasteiger partial charge in [-0.25, -0.2) is 4.98 Å². The van der Waals surface area contributed by atoms with Crippen LogP contribution in [-0.2, 0) is 6.18 Å². The van der Waals surface area contributed by atoms with Crippen LogP contribution in [0.4, 0.5) is 13.2 Å². The summed E-state index contributed by atoms with van der Waals surface area (Å²) in [4.78, 5) is 4.35. The first-order chi connectivity index (χ1) is 13.9. The highest BCUT2D eigenvalue weighted by Crippen LogP contribution is 2.35. The van der Waals surface area contributed by atoms with Crippen molar-refractivity contribution in [2.75, 3.05) is 0 Å². The molecule has 0 bridgehead atoms. The minimum Gasteiger partial charge on any atom is -0.503 e. The molecule has 4 aromatic rings. The van der Waals surface area contributed by atoms with Crippen molar-refractivity contribution in [1.82, 2.24) is 4.98 Å². The van der Waals surface area contributed by atoms with E-state index in [0.29, 0.717) is 10.5 Å². The summed E-state index contributed by atoms with van der Waals surface area (Å²) in [6, 6.07) is 16.7. The number of halogens is 3. The summed E-state index contributed by atoms with van der Waals surface area (Å²) in [5.74, 6) is -0.322. The van der Waals surface area contributed by atoms with Gasteiger partial charge < -0.3 is 9.52 Å². The predicted molar refractivity (Wildman–Crippen MR) is 104 cm³/mol. The van der Waals surface area contributed by atoms with Crippen molar-refractivity contribution in [1.29, 1.82) is 5.26 Å². The van der Waals surface area contributed by atoms with Crippen molar-refractivity contribution in [3.05, 3.63) is 77.0 Å². The maximum Gasteiger partial charge on any atom is 0.416 e. The van der Waals surface area contributed by atoms with E-state index in [1.54, 1.807) is 6.07 Å². The van der Waals surface area contributed by atoms with Crippen LogP contribution in [0.15, 0.2) is 65.1 Å². The molecule has 0 aliphatic heterocycles. The van der Waals surface area contributed by atoms with Gasteiger partial charge >= 0.3 is 6.18 Å². The zero-order chi connectivity index (χ0) is 20.6. The number of hydrogen-bond acceptors (Lipinski definition) is 5. The lowest BCUT2D eigenvalue weighted by Gasteiger charge is -2.07. The summed E-state index contributed by atoms with van der Waals surface area (Å²) in [5.41, 5.74) is 0.0190. The summed E-state index contributed by atoms with van der Waals surface area (Å²) in [5, 5.41) is 20.4. The fourth-order valence-corrected chi connectivity index (χ4v) is 3.74. The molecule has 2 heterocycles. The van der Waals surface area contributed by atoms with E-state index in [9.17, 15) is 23.5 Å². The fraction of sp³-hybridized carbons (Fsp3) is 0.0476. The molecule has 1 N–H and O–H groups in total. The molecule has 0 spiro atoms.